The van der Waals surface area contributed by atoms with E-state index in [1.54, 1.807) is 0 Å². The lowest BCUT2D eigenvalue weighted by molar-refractivity contribution is 0.0857. The smallest absolute Gasteiger partial charge is 0.168 e. The highest BCUT2D eigenvalue weighted by atomic mass is 16.1. The second-order valence-corrected chi connectivity index (χ2v) is 5.90. The predicted molar refractivity (Wildman–Crippen MR) is 67.0 cm³/mol. The van der Waals surface area contributed by atoms with Gasteiger partial charge in [-0.3, -0.25) is 4.79 Å². The molecule has 0 amide bonds. The summed E-state index contributed by atoms with van der Waals surface area (Å²) in [6.45, 7) is 8.21. The number of Topliss-reactive ketones (excluding diaryl/α,β-unsaturated/α-hetero) is 1. The molecule has 1 aromatic carbocycles. The number of ketones is 1. The maximum atomic E-state index is 12.4. The lowest BCUT2D eigenvalue weighted by Crippen LogP contribution is -2.21. The lowest BCUT2D eigenvalue weighted by atomic mass is 9.82. The highest BCUT2D eigenvalue weighted by Gasteiger charge is 2.29. The second-order valence-electron chi connectivity index (χ2n) is 5.90. The fraction of sp³-hybridized carbons (Fsp3) is 0.533. The normalized spacial score (nSPS) is 19.6. The van der Waals surface area contributed by atoms with E-state index in [0.29, 0.717) is 5.92 Å². The Morgan fingerprint density at radius 3 is 2.62 bits per heavy atom. The fourth-order valence-electron chi connectivity index (χ4n) is 2.53. The van der Waals surface area contributed by atoms with Crippen LogP contribution in [-0.4, -0.2) is 5.78 Å². The van der Waals surface area contributed by atoms with Crippen molar-refractivity contribution in [1.82, 2.24) is 0 Å². The molecule has 0 heterocycles. The number of hydrogen-bond donors (Lipinski definition) is 0. The van der Waals surface area contributed by atoms with Gasteiger partial charge < -0.3 is 0 Å². The van der Waals surface area contributed by atoms with E-state index in [4.69, 9.17) is 0 Å². The van der Waals surface area contributed by atoms with Crippen molar-refractivity contribution in [2.75, 3.05) is 0 Å². The Balaban J connectivity index is 2.51. The van der Waals surface area contributed by atoms with E-state index >= 15 is 0 Å². The summed E-state index contributed by atoms with van der Waals surface area (Å²) in [6, 6.07) is 6.18. The SMILES string of the molecule is CC1CCc2cccc(C(=O)C(C)(C)C)c21. The van der Waals surface area contributed by atoms with Gasteiger partial charge in [0.1, 0.15) is 0 Å². The first kappa shape index (κ1) is 11.4. The minimum atomic E-state index is -0.280. The molecule has 0 saturated carbocycles. The molecule has 2 rings (SSSR count). The van der Waals surface area contributed by atoms with Gasteiger partial charge in [0.2, 0.25) is 0 Å². The van der Waals surface area contributed by atoms with Crippen LogP contribution in [-0.2, 0) is 6.42 Å². The summed E-state index contributed by atoms with van der Waals surface area (Å²) in [6.07, 6.45) is 2.31. The molecule has 1 nitrogen and oxygen atoms in total. The third-order valence-corrected chi connectivity index (χ3v) is 3.46. The molecule has 0 aromatic heterocycles. The third-order valence-electron chi connectivity index (χ3n) is 3.46. The third kappa shape index (κ3) is 1.79. The molecule has 1 aromatic rings. The zero-order valence-electron chi connectivity index (χ0n) is 10.6. The number of fused-ring (bicyclic) bond motifs is 1. The van der Waals surface area contributed by atoms with Crippen LogP contribution in [0.1, 0.15) is 61.5 Å². The van der Waals surface area contributed by atoms with Gasteiger partial charge in [0, 0.05) is 11.0 Å². The molecule has 0 saturated heterocycles. The minimum absolute atomic E-state index is 0.276. The van der Waals surface area contributed by atoms with Crippen molar-refractivity contribution in [3.63, 3.8) is 0 Å². The molecule has 86 valence electrons. The molecule has 1 aliphatic rings. The van der Waals surface area contributed by atoms with Gasteiger partial charge in [0.05, 0.1) is 0 Å². The number of benzene rings is 1. The van der Waals surface area contributed by atoms with Crippen LogP contribution in [0.4, 0.5) is 0 Å². The second kappa shape index (κ2) is 3.73. The molecule has 0 radical (unpaired) electrons. The maximum Gasteiger partial charge on any atom is 0.168 e. The van der Waals surface area contributed by atoms with Gasteiger partial charge in [-0.05, 0) is 29.9 Å². The molecule has 16 heavy (non-hydrogen) atoms. The summed E-state index contributed by atoms with van der Waals surface area (Å²) >= 11 is 0. The van der Waals surface area contributed by atoms with Gasteiger partial charge >= 0.3 is 0 Å². The average Bonchev–Trinajstić information content (AvgIpc) is 2.58. The molecule has 0 aliphatic heterocycles. The molecule has 1 atom stereocenters. The van der Waals surface area contributed by atoms with Crippen LogP contribution in [0.3, 0.4) is 0 Å². The number of aryl methyl sites for hydroxylation is 1. The monoisotopic (exact) mass is 216 g/mol. The van der Waals surface area contributed by atoms with Crippen molar-refractivity contribution in [2.24, 2.45) is 5.41 Å². The number of rotatable bonds is 1. The summed E-state index contributed by atoms with van der Waals surface area (Å²) in [7, 11) is 0. The Morgan fingerprint density at radius 2 is 2.00 bits per heavy atom. The first-order valence-electron chi connectivity index (χ1n) is 6.08. The molecule has 0 bridgehead atoms. The fourth-order valence-corrected chi connectivity index (χ4v) is 2.53. The number of carbonyl (C=O) groups excluding carboxylic acids is 1. The van der Waals surface area contributed by atoms with Crippen LogP contribution in [0.2, 0.25) is 0 Å². The van der Waals surface area contributed by atoms with Gasteiger partial charge in [-0.15, -0.1) is 0 Å². The van der Waals surface area contributed by atoms with Crippen molar-refractivity contribution in [1.29, 1.82) is 0 Å². The average molecular weight is 216 g/mol. The van der Waals surface area contributed by atoms with Crippen LogP contribution < -0.4 is 0 Å². The van der Waals surface area contributed by atoms with E-state index in [1.165, 1.54) is 17.5 Å². The van der Waals surface area contributed by atoms with E-state index in [1.807, 2.05) is 32.9 Å². The quantitative estimate of drug-likeness (QED) is 0.649. The molecule has 0 N–H and O–H groups in total. The Morgan fingerprint density at radius 1 is 1.31 bits per heavy atom. The summed E-state index contributed by atoms with van der Waals surface area (Å²) in [5.74, 6) is 0.815. The van der Waals surface area contributed by atoms with Gasteiger partial charge in [0.15, 0.2) is 5.78 Å². The van der Waals surface area contributed by atoms with Crippen LogP contribution in [0.5, 0.6) is 0 Å². The first-order chi connectivity index (χ1) is 7.41. The van der Waals surface area contributed by atoms with Crippen LogP contribution in [0.25, 0.3) is 0 Å². The molecule has 0 spiro atoms. The summed E-state index contributed by atoms with van der Waals surface area (Å²) in [4.78, 5) is 12.4. The lowest BCUT2D eigenvalue weighted by Gasteiger charge is -2.20. The molecule has 1 heteroatoms. The highest BCUT2D eigenvalue weighted by Crippen LogP contribution is 2.37. The molecule has 0 fully saturated rings. The number of carbonyl (C=O) groups is 1. The highest BCUT2D eigenvalue weighted by molar-refractivity contribution is 6.01. The van der Waals surface area contributed by atoms with E-state index < -0.39 is 0 Å². The van der Waals surface area contributed by atoms with E-state index in [0.717, 1.165) is 12.0 Å². The topological polar surface area (TPSA) is 17.1 Å². The van der Waals surface area contributed by atoms with Crippen molar-refractivity contribution < 1.29 is 4.79 Å². The minimum Gasteiger partial charge on any atom is -0.294 e. The van der Waals surface area contributed by atoms with Gasteiger partial charge in [-0.2, -0.15) is 0 Å². The Bertz CT molecular complexity index is 424. The summed E-state index contributed by atoms with van der Waals surface area (Å²) < 4.78 is 0. The molecular weight excluding hydrogens is 196 g/mol. The van der Waals surface area contributed by atoms with Crippen molar-refractivity contribution in [3.05, 3.63) is 34.9 Å². The maximum absolute atomic E-state index is 12.4. The zero-order chi connectivity index (χ0) is 11.9. The summed E-state index contributed by atoms with van der Waals surface area (Å²) in [5, 5.41) is 0. The largest absolute Gasteiger partial charge is 0.294 e. The molecule has 1 unspecified atom stereocenters. The Kier molecular flexibility index (Phi) is 2.65. The van der Waals surface area contributed by atoms with Crippen LogP contribution in [0.15, 0.2) is 18.2 Å². The van der Waals surface area contributed by atoms with Crippen molar-refractivity contribution in [3.8, 4) is 0 Å². The number of hydrogen-bond acceptors (Lipinski definition) is 1. The van der Waals surface area contributed by atoms with E-state index in [-0.39, 0.29) is 11.2 Å². The first-order valence-corrected chi connectivity index (χ1v) is 6.08. The van der Waals surface area contributed by atoms with Gasteiger partial charge in [-0.1, -0.05) is 45.9 Å². The van der Waals surface area contributed by atoms with Crippen molar-refractivity contribution in [2.45, 2.75) is 46.5 Å². The van der Waals surface area contributed by atoms with Crippen molar-refractivity contribution >= 4 is 5.78 Å². The van der Waals surface area contributed by atoms with Crippen LogP contribution >= 0.6 is 0 Å². The summed E-state index contributed by atoms with van der Waals surface area (Å²) in [5.41, 5.74) is 3.36. The molecular formula is C15H20O. The standard InChI is InChI=1S/C15H20O/c1-10-8-9-11-6-5-7-12(13(10)11)14(16)15(2,3)4/h5-7,10H,8-9H2,1-4H3. The van der Waals surface area contributed by atoms with Gasteiger partial charge in [0.25, 0.3) is 0 Å². The Hall–Kier alpha value is -1.11. The van der Waals surface area contributed by atoms with Crippen LogP contribution in [0, 0.1) is 5.41 Å². The van der Waals surface area contributed by atoms with E-state index in [2.05, 4.69) is 13.0 Å². The predicted octanol–water partition coefficient (Wildman–Crippen LogP) is 3.97. The van der Waals surface area contributed by atoms with Gasteiger partial charge in [-0.25, -0.2) is 0 Å². The Labute approximate surface area is 97.9 Å². The molecule has 1 aliphatic carbocycles. The van der Waals surface area contributed by atoms with E-state index in [9.17, 15) is 4.79 Å². The zero-order valence-corrected chi connectivity index (χ0v) is 10.6.